The second-order valence-electron chi connectivity index (χ2n) is 4.84. The summed E-state index contributed by atoms with van der Waals surface area (Å²) in [5.74, 6) is -0.0641. The van der Waals surface area contributed by atoms with Crippen molar-refractivity contribution in [2.75, 3.05) is 17.2 Å². The zero-order valence-corrected chi connectivity index (χ0v) is 13.1. The van der Waals surface area contributed by atoms with Crippen molar-refractivity contribution in [2.24, 2.45) is 0 Å². The monoisotopic (exact) mass is 378 g/mol. The molecule has 0 fully saturated rings. The fourth-order valence-corrected chi connectivity index (χ4v) is 3.01. The van der Waals surface area contributed by atoms with Crippen molar-refractivity contribution in [2.45, 2.75) is 12.8 Å². The van der Waals surface area contributed by atoms with E-state index in [1.807, 2.05) is 36.4 Å². The number of anilines is 2. The lowest BCUT2D eigenvalue weighted by molar-refractivity contribution is 0.102. The molecule has 3 rings (SSSR count). The maximum atomic E-state index is 12.3. The lowest BCUT2D eigenvalue weighted by atomic mass is 10.0. The Morgan fingerprint density at radius 1 is 1.20 bits per heavy atom. The van der Waals surface area contributed by atoms with E-state index in [0.717, 1.165) is 27.9 Å². The van der Waals surface area contributed by atoms with E-state index >= 15 is 0 Å². The van der Waals surface area contributed by atoms with Gasteiger partial charge in [0.05, 0.1) is 5.56 Å². The molecule has 4 heteroatoms. The van der Waals surface area contributed by atoms with E-state index in [0.29, 0.717) is 5.56 Å². The molecule has 1 aliphatic rings. The molecule has 0 radical (unpaired) electrons. The first-order valence-electron chi connectivity index (χ1n) is 6.67. The molecule has 1 heterocycles. The summed E-state index contributed by atoms with van der Waals surface area (Å²) in [5.41, 5.74) is 4.00. The fourth-order valence-electron chi connectivity index (χ4n) is 2.38. The van der Waals surface area contributed by atoms with Crippen LogP contribution in [-0.2, 0) is 6.42 Å². The van der Waals surface area contributed by atoms with Crippen molar-refractivity contribution < 1.29 is 4.79 Å². The summed E-state index contributed by atoms with van der Waals surface area (Å²) in [6, 6.07) is 13.7. The molecule has 0 aliphatic carbocycles. The molecule has 2 aromatic rings. The average Bonchev–Trinajstić information content (AvgIpc) is 2.47. The molecule has 0 unspecified atom stereocenters. The van der Waals surface area contributed by atoms with E-state index in [2.05, 4.69) is 39.3 Å². The van der Waals surface area contributed by atoms with Crippen molar-refractivity contribution >= 4 is 39.9 Å². The number of benzene rings is 2. The molecule has 0 saturated heterocycles. The number of hydrogen-bond donors (Lipinski definition) is 2. The van der Waals surface area contributed by atoms with Crippen LogP contribution in [0.1, 0.15) is 22.3 Å². The maximum absolute atomic E-state index is 12.3. The SMILES string of the molecule is O=C(Nc1ccc2c(c1)NCCC2)c1ccccc1I. The number of aryl methyl sites for hydroxylation is 1. The molecule has 0 aromatic heterocycles. The minimum absolute atomic E-state index is 0.0641. The Labute approximate surface area is 131 Å². The molecule has 0 atom stereocenters. The molecule has 1 amide bonds. The molecule has 1 aliphatic heterocycles. The second-order valence-corrected chi connectivity index (χ2v) is 6.00. The third kappa shape index (κ3) is 2.80. The maximum Gasteiger partial charge on any atom is 0.256 e. The van der Waals surface area contributed by atoms with Crippen LogP contribution in [0.4, 0.5) is 11.4 Å². The summed E-state index contributed by atoms with van der Waals surface area (Å²) in [4.78, 5) is 12.3. The number of hydrogen-bond acceptors (Lipinski definition) is 2. The third-order valence-corrected chi connectivity index (χ3v) is 4.37. The molecule has 2 N–H and O–H groups in total. The lowest BCUT2D eigenvalue weighted by Crippen LogP contribution is -2.15. The van der Waals surface area contributed by atoms with Crippen LogP contribution in [-0.4, -0.2) is 12.5 Å². The van der Waals surface area contributed by atoms with Crippen LogP contribution in [0, 0.1) is 3.57 Å². The number of fused-ring (bicyclic) bond motifs is 1. The minimum Gasteiger partial charge on any atom is -0.385 e. The fraction of sp³-hybridized carbons (Fsp3) is 0.188. The first-order valence-corrected chi connectivity index (χ1v) is 7.74. The van der Waals surface area contributed by atoms with Gasteiger partial charge in [0.1, 0.15) is 0 Å². The Morgan fingerprint density at radius 3 is 2.90 bits per heavy atom. The molecular formula is C16H15IN2O. The Hall–Kier alpha value is -1.56. The van der Waals surface area contributed by atoms with Crippen LogP contribution in [0.3, 0.4) is 0 Å². The van der Waals surface area contributed by atoms with Crippen LogP contribution in [0.5, 0.6) is 0 Å². The van der Waals surface area contributed by atoms with E-state index in [-0.39, 0.29) is 5.91 Å². The van der Waals surface area contributed by atoms with Crippen LogP contribution >= 0.6 is 22.6 Å². The molecule has 0 saturated carbocycles. The van der Waals surface area contributed by atoms with Crippen molar-refractivity contribution in [1.82, 2.24) is 0 Å². The quantitative estimate of drug-likeness (QED) is 0.779. The lowest BCUT2D eigenvalue weighted by Gasteiger charge is -2.19. The minimum atomic E-state index is -0.0641. The molecule has 3 nitrogen and oxygen atoms in total. The summed E-state index contributed by atoms with van der Waals surface area (Å²) in [6.07, 6.45) is 2.27. The van der Waals surface area contributed by atoms with Crippen LogP contribution in [0.25, 0.3) is 0 Å². The van der Waals surface area contributed by atoms with Gasteiger partial charge in [-0.15, -0.1) is 0 Å². The van der Waals surface area contributed by atoms with E-state index < -0.39 is 0 Å². The number of carbonyl (C=O) groups excluding carboxylic acids is 1. The van der Waals surface area contributed by atoms with Crippen molar-refractivity contribution in [3.63, 3.8) is 0 Å². The summed E-state index contributed by atoms with van der Waals surface area (Å²) in [6.45, 7) is 1.00. The highest BCUT2D eigenvalue weighted by Crippen LogP contribution is 2.25. The largest absolute Gasteiger partial charge is 0.385 e. The van der Waals surface area contributed by atoms with Crippen LogP contribution in [0.2, 0.25) is 0 Å². The van der Waals surface area contributed by atoms with Crippen molar-refractivity contribution in [1.29, 1.82) is 0 Å². The number of nitrogens with one attached hydrogen (secondary N) is 2. The second kappa shape index (κ2) is 5.83. The molecular weight excluding hydrogens is 363 g/mol. The third-order valence-electron chi connectivity index (χ3n) is 3.42. The van der Waals surface area contributed by atoms with Gasteiger partial charge in [-0.05, 0) is 65.3 Å². The predicted octanol–water partition coefficient (Wildman–Crippen LogP) is 3.90. The highest BCUT2D eigenvalue weighted by Gasteiger charge is 2.12. The highest BCUT2D eigenvalue weighted by molar-refractivity contribution is 14.1. The zero-order valence-electron chi connectivity index (χ0n) is 10.9. The van der Waals surface area contributed by atoms with Gasteiger partial charge in [0.2, 0.25) is 0 Å². The van der Waals surface area contributed by atoms with Crippen molar-refractivity contribution in [3.05, 3.63) is 57.2 Å². The van der Waals surface area contributed by atoms with E-state index in [1.54, 1.807) is 0 Å². The smallest absolute Gasteiger partial charge is 0.256 e. The molecule has 0 bridgehead atoms. The topological polar surface area (TPSA) is 41.1 Å². The van der Waals surface area contributed by atoms with Gasteiger partial charge >= 0.3 is 0 Å². The number of amides is 1. The highest BCUT2D eigenvalue weighted by atomic mass is 127. The summed E-state index contributed by atoms with van der Waals surface area (Å²) in [7, 11) is 0. The molecule has 0 spiro atoms. The van der Waals surface area contributed by atoms with E-state index in [1.165, 1.54) is 12.0 Å². The molecule has 20 heavy (non-hydrogen) atoms. The van der Waals surface area contributed by atoms with Crippen LogP contribution in [0.15, 0.2) is 42.5 Å². The Bertz CT molecular complexity index is 655. The van der Waals surface area contributed by atoms with Crippen molar-refractivity contribution in [3.8, 4) is 0 Å². The van der Waals surface area contributed by atoms with Crippen LogP contribution < -0.4 is 10.6 Å². The number of carbonyl (C=O) groups is 1. The van der Waals surface area contributed by atoms with Gasteiger partial charge in [-0.25, -0.2) is 0 Å². The molecule has 2 aromatic carbocycles. The normalized spacial score (nSPS) is 13.2. The summed E-state index contributed by atoms with van der Waals surface area (Å²) in [5, 5.41) is 6.34. The van der Waals surface area contributed by atoms with Gasteiger partial charge in [0.25, 0.3) is 5.91 Å². The van der Waals surface area contributed by atoms with Gasteiger partial charge in [0.15, 0.2) is 0 Å². The first-order chi connectivity index (χ1) is 9.74. The zero-order chi connectivity index (χ0) is 13.9. The summed E-state index contributed by atoms with van der Waals surface area (Å²) >= 11 is 2.18. The predicted molar refractivity (Wildman–Crippen MR) is 90.4 cm³/mol. The Morgan fingerprint density at radius 2 is 2.05 bits per heavy atom. The van der Waals surface area contributed by atoms with E-state index in [4.69, 9.17) is 0 Å². The average molecular weight is 378 g/mol. The van der Waals surface area contributed by atoms with Gasteiger partial charge < -0.3 is 10.6 Å². The van der Waals surface area contributed by atoms with Gasteiger partial charge in [-0.2, -0.15) is 0 Å². The summed E-state index contributed by atoms with van der Waals surface area (Å²) < 4.78 is 0.957. The Balaban J connectivity index is 1.81. The van der Waals surface area contributed by atoms with Gasteiger partial charge in [0, 0.05) is 21.5 Å². The Kier molecular flexibility index (Phi) is 3.91. The number of rotatable bonds is 2. The van der Waals surface area contributed by atoms with Gasteiger partial charge in [-0.1, -0.05) is 18.2 Å². The standard InChI is InChI=1S/C16H15IN2O/c17-14-6-2-1-5-13(14)16(20)19-12-8-7-11-4-3-9-18-15(11)10-12/h1-2,5-8,10,18H,3-4,9H2,(H,19,20). The van der Waals surface area contributed by atoms with E-state index in [9.17, 15) is 4.79 Å². The van der Waals surface area contributed by atoms with Gasteiger partial charge in [-0.3, -0.25) is 4.79 Å². The first kappa shape index (κ1) is 13.4. The number of halogens is 1. The molecule has 102 valence electrons.